The molecule has 116 valence electrons. The summed E-state index contributed by atoms with van der Waals surface area (Å²) >= 11 is 6.12. The van der Waals surface area contributed by atoms with Crippen molar-refractivity contribution in [2.75, 3.05) is 20.6 Å². The smallest absolute Gasteiger partial charge is 0.239 e. The fourth-order valence-electron chi connectivity index (χ4n) is 3.17. The minimum atomic E-state index is -0.0880. The second-order valence-corrected chi connectivity index (χ2v) is 6.42. The van der Waals surface area contributed by atoms with Crippen LogP contribution in [0.15, 0.2) is 24.3 Å². The Labute approximate surface area is 131 Å². The van der Waals surface area contributed by atoms with Crippen LogP contribution in [0.3, 0.4) is 0 Å². The van der Waals surface area contributed by atoms with Gasteiger partial charge in [-0.25, -0.2) is 0 Å². The van der Waals surface area contributed by atoms with E-state index in [0.29, 0.717) is 5.02 Å². The van der Waals surface area contributed by atoms with Gasteiger partial charge in [0.25, 0.3) is 0 Å². The minimum absolute atomic E-state index is 0.0140. The summed E-state index contributed by atoms with van der Waals surface area (Å²) in [6.07, 6.45) is 1.91. The molecule has 0 aliphatic carbocycles. The first-order valence-corrected chi connectivity index (χ1v) is 7.77. The quantitative estimate of drug-likeness (QED) is 0.928. The Balaban J connectivity index is 2.31. The van der Waals surface area contributed by atoms with Crippen LogP contribution in [-0.4, -0.2) is 48.4 Å². The molecule has 3 atom stereocenters. The number of hydrogen-bond donors (Lipinski definition) is 1. The van der Waals surface area contributed by atoms with Crippen molar-refractivity contribution in [3.05, 3.63) is 34.9 Å². The average molecular weight is 310 g/mol. The fourth-order valence-corrected chi connectivity index (χ4v) is 3.37. The monoisotopic (exact) mass is 309 g/mol. The van der Waals surface area contributed by atoms with Gasteiger partial charge in [-0.15, -0.1) is 0 Å². The number of nitrogens with zero attached hydrogens (tertiary/aromatic N) is 2. The molecule has 5 heteroatoms. The van der Waals surface area contributed by atoms with Gasteiger partial charge in [0.05, 0.1) is 12.1 Å². The first-order chi connectivity index (χ1) is 9.91. The van der Waals surface area contributed by atoms with Gasteiger partial charge in [-0.2, -0.15) is 0 Å². The van der Waals surface area contributed by atoms with Gasteiger partial charge in [0.1, 0.15) is 0 Å². The molecule has 21 heavy (non-hydrogen) atoms. The Bertz CT molecular complexity index is 504. The molecule has 3 unspecified atom stereocenters. The number of amides is 1. The second-order valence-electron chi connectivity index (χ2n) is 5.99. The fraction of sp³-hybridized carbons (Fsp3) is 0.562. The van der Waals surface area contributed by atoms with Crippen LogP contribution >= 0.6 is 11.6 Å². The zero-order valence-corrected chi connectivity index (χ0v) is 13.7. The lowest BCUT2D eigenvalue weighted by molar-refractivity contribution is -0.134. The number of carbonyl (C=O) groups excluding carboxylic acids is 1. The number of benzene rings is 1. The van der Waals surface area contributed by atoms with E-state index in [9.17, 15) is 4.79 Å². The van der Waals surface area contributed by atoms with Crippen LogP contribution in [0.4, 0.5) is 0 Å². The van der Waals surface area contributed by atoms with E-state index in [0.717, 1.165) is 24.9 Å². The van der Waals surface area contributed by atoms with E-state index in [4.69, 9.17) is 17.3 Å². The van der Waals surface area contributed by atoms with Crippen LogP contribution in [0.25, 0.3) is 0 Å². The van der Waals surface area contributed by atoms with E-state index in [2.05, 4.69) is 4.90 Å². The molecular formula is C16H24ClN3O. The first kappa shape index (κ1) is 16.3. The lowest BCUT2D eigenvalue weighted by Crippen LogP contribution is -2.48. The van der Waals surface area contributed by atoms with Gasteiger partial charge < -0.3 is 10.6 Å². The van der Waals surface area contributed by atoms with Crippen molar-refractivity contribution in [3.63, 3.8) is 0 Å². The molecule has 1 amide bonds. The van der Waals surface area contributed by atoms with Crippen molar-refractivity contribution < 1.29 is 4.79 Å². The van der Waals surface area contributed by atoms with Gasteiger partial charge in [-0.3, -0.25) is 9.69 Å². The van der Waals surface area contributed by atoms with Crippen molar-refractivity contribution in [1.29, 1.82) is 0 Å². The highest BCUT2D eigenvalue weighted by Gasteiger charge is 2.38. The lowest BCUT2D eigenvalue weighted by Gasteiger charge is -2.36. The predicted octanol–water partition coefficient (Wildman–Crippen LogP) is 2.28. The molecule has 1 aliphatic heterocycles. The molecule has 1 heterocycles. The van der Waals surface area contributed by atoms with Gasteiger partial charge in [-0.1, -0.05) is 23.7 Å². The molecule has 1 saturated heterocycles. The highest BCUT2D eigenvalue weighted by molar-refractivity contribution is 6.30. The topological polar surface area (TPSA) is 49.6 Å². The van der Waals surface area contributed by atoms with Gasteiger partial charge in [0.15, 0.2) is 0 Å². The predicted molar refractivity (Wildman–Crippen MR) is 86.3 cm³/mol. The number of likely N-dealkylation sites (tertiary alicyclic amines) is 1. The highest BCUT2D eigenvalue weighted by Crippen LogP contribution is 2.33. The summed E-state index contributed by atoms with van der Waals surface area (Å²) in [7, 11) is 3.61. The summed E-state index contributed by atoms with van der Waals surface area (Å²) in [4.78, 5) is 16.3. The summed E-state index contributed by atoms with van der Waals surface area (Å²) in [5.41, 5.74) is 7.31. The second kappa shape index (κ2) is 6.77. The Morgan fingerprint density at radius 1 is 1.48 bits per heavy atom. The normalized spacial score (nSPS) is 22.0. The summed E-state index contributed by atoms with van der Waals surface area (Å²) in [5, 5.41) is 0.702. The summed E-state index contributed by atoms with van der Waals surface area (Å²) < 4.78 is 0. The molecule has 1 aliphatic rings. The largest absolute Gasteiger partial charge is 0.347 e. The first-order valence-electron chi connectivity index (χ1n) is 7.39. The zero-order valence-electron chi connectivity index (χ0n) is 12.9. The molecule has 0 aromatic heterocycles. The molecular weight excluding hydrogens is 286 g/mol. The zero-order chi connectivity index (χ0) is 15.6. The number of hydrogen-bond acceptors (Lipinski definition) is 3. The van der Waals surface area contributed by atoms with Gasteiger partial charge >= 0.3 is 0 Å². The molecule has 0 spiro atoms. The molecule has 4 nitrogen and oxygen atoms in total. The third-order valence-electron chi connectivity index (χ3n) is 4.07. The van der Waals surface area contributed by atoms with E-state index >= 15 is 0 Å². The third-order valence-corrected chi connectivity index (χ3v) is 4.30. The number of carbonyl (C=O) groups is 1. The SMILES string of the molecule is CC(N)C(c1cccc(Cl)c1)N1CCCC1C(=O)N(C)C. The lowest BCUT2D eigenvalue weighted by atomic mass is 9.98. The van der Waals surface area contributed by atoms with E-state index in [1.165, 1.54) is 0 Å². The van der Waals surface area contributed by atoms with E-state index in [-0.39, 0.29) is 24.0 Å². The van der Waals surface area contributed by atoms with E-state index in [1.807, 2.05) is 31.2 Å². The van der Waals surface area contributed by atoms with Crippen LogP contribution in [0, 0.1) is 0 Å². The molecule has 0 bridgehead atoms. The van der Waals surface area contributed by atoms with Crippen molar-refractivity contribution in [2.45, 2.75) is 37.9 Å². The summed E-state index contributed by atoms with van der Waals surface area (Å²) in [6, 6.07) is 7.64. The van der Waals surface area contributed by atoms with Crippen LogP contribution in [0.5, 0.6) is 0 Å². The average Bonchev–Trinajstić information content (AvgIpc) is 2.86. The third kappa shape index (κ3) is 3.57. The Morgan fingerprint density at radius 3 is 2.76 bits per heavy atom. The van der Waals surface area contributed by atoms with Crippen molar-refractivity contribution in [3.8, 4) is 0 Å². The molecule has 0 radical (unpaired) electrons. The molecule has 1 aromatic carbocycles. The number of rotatable bonds is 4. The molecule has 2 N–H and O–H groups in total. The Hall–Kier alpha value is -1.10. The van der Waals surface area contributed by atoms with Crippen LogP contribution in [0.1, 0.15) is 31.4 Å². The summed E-state index contributed by atoms with van der Waals surface area (Å²) in [6.45, 7) is 2.88. The van der Waals surface area contributed by atoms with Crippen molar-refractivity contribution in [2.24, 2.45) is 5.73 Å². The van der Waals surface area contributed by atoms with E-state index < -0.39 is 0 Å². The van der Waals surface area contributed by atoms with Crippen LogP contribution in [-0.2, 0) is 4.79 Å². The van der Waals surface area contributed by atoms with Crippen molar-refractivity contribution in [1.82, 2.24) is 9.80 Å². The van der Waals surface area contributed by atoms with E-state index in [1.54, 1.807) is 19.0 Å². The number of halogens is 1. The Kier molecular flexibility index (Phi) is 5.25. The molecule has 1 aromatic rings. The van der Waals surface area contributed by atoms with Gasteiger partial charge in [-0.05, 0) is 44.0 Å². The number of likely N-dealkylation sites (N-methyl/N-ethyl adjacent to an activating group) is 1. The highest BCUT2D eigenvalue weighted by atomic mass is 35.5. The molecule has 1 fully saturated rings. The molecule has 2 rings (SSSR count). The molecule has 0 saturated carbocycles. The minimum Gasteiger partial charge on any atom is -0.347 e. The number of nitrogens with two attached hydrogens (primary N) is 1. The van der Waals surface area contributed by atoms with Crippen LogP contribution in [0.2, 0.25) is 5.02 Å². The maximum atomic E-state index is 12.4. The summed E-state index contributed by atoms with van der Waals surface area (Å²) in [5.74, 6) is 0.153. The Morgan fingerprint density at radius 2 is 2.19 bits per heavy atom. The maximum absolute atomic E-state index is 12.4. The maximum Gasteiger partial charge on any atom is 0.239 e. The van der Waals surface area contributed by atoms with Crippen LogP contribution < -0.4 is 5.73 Å². The van der Waals surface area contributed by atoms with Crippen molar-refractivity contribution >= 4 is 17.5 Å². The van der Waals surface area contributed by atoms with Gasteiger partial charge in [0, 0.05) is 25.2 Å². The van der Waals surface area contributed by atoms with Gasteiger partial charge in [0.2, 0.25) is 5.91 Å². The standard InChI is InChI=1S/C16H24ClN3O/c1-11(18)15(12-6-4-7-13(17)10-12)20-9-5-8-14(20)16(21)19(2)3/h4,6-7,10-11,14-15H,5,8-9,18H2,1-3H3.